The van der Waals surface area contributed by atoms with Crippen molar-refractivity contribution < 1.29 is 9.84 Å². The van der Waals surface area contributed by atoms with Crippen molar-refractivity contribution in [3.8, 4) is 11.5 Å². The predicted molar refractivity (Wildman–Crippen MR) is 85.4 cm³/mol. The van der Waals surface area contributed by atoms with E-state index >= 15 is 0 Å². The SMILES string of the molecule is COc1ccc(CN2CCN(C)c3ccccc32)cc1O. The Bertz CT molecular complexity index is 642. The van der Waals surface area contributed by atoms with E-state index in [-0.39, 0.29) is 5.75 Å². The van der Waals surface area contributed by atoms with Crippen molar-refractivity contribution in [3.05, 3.63) is 48.0 Å². The second-order valence-electron chi connectivity index (χ2n) is 5.34. The molecule has 2 aromatic carbocycles. The van der Waals surface area contributed by atoms with Gasteiger partial charge in [0.1, 0.15) is 0 Å². The molecule has 0 aliphatic carbocycles. The highest BCUT2D eigenvalue weighted by molar-refractivity contribution is 5.73. The molecule has 110 valence electrons. The molecule has 21 heavy (non-hydrogen) atoms. The molecular formula is C17H20N2O2. The molecule has 4 heteroatoms. The molecule has 0 unspecified atom stereocenters. The monoisotopic (exact) mass is 284 g/mol. The smallest absolute Gasteiger partial charge is 0.160 e. The van der Waals surface area contributed by atoms with Crippen molar-refractivity contribution in [2.75, 3.05) is 37.0 Å². The van der Waals surface area contributed by atoms with Crippen LogP contribution in [0.3, 0.4) is 0 Å². The summed E-state index contributed by atoms with van der Waals surface area (Å²) < 4.78 is 5.09. The molecule has 4 nitrogen and oxygen atoms in total. The molecule has 3 rings (SSSR count). The number of methoxy groups -OCH3 is 1. The summed E-state index contributed by atoms with van der Waals surface area (Å²) in [5, 5.41) is 9.91. The lowest BCUT2D eigenvalue weighted by Crippen LogP contribution is -2.38. The molecule has 1 aliphatic rings. The first-order chi connectivity index (χ1) is 10.2. The summed E-state index contributed by atoms with van der Waals surface area (Å²) in [6, 6.07) is 14.0. The Morgan fingerprint density at radius 1 is 1.10 bits per heavy atom. The second kappa shape index (κ2) is 5.56. The number of benzene rings is 2. The minimum atomic E-state index is 0.192. The minimum absolute atomic E-state index is 0.192. The van der Waals surface area contributed by atoms with Crippen LogP contribution in [0, 0.1) is 0 Å². The number of likely N-dealkylation sites (N-methyl/N-ethyl adjacent to an activating group) is 1. The van der Waals surface area contributed by atoms with Gasteiger partial charge in [-0.15, -0.1) is 0 Å². The van der Waals surface area contributed by atoms with Crippen molar-refractivity contribution >= 4 is 11.4 Å². The number of fused-ring (bicyclic) bond motifs is 1. The Kier molecular flexibility index (Phi) is 3.60. The van der Waals surface area contributed by atoms with Crippen molar-refractivity contribution in [1.82, 2.24) is 0 Å². The summed E-state index contributed by atoms with van der Waals surface area (Å²) in [5.74, 6) is 0.704. The highest BCUT2D eigenvalue weighted by Gasteiger charge is 2.19. The third-order valence-electron chi connectivity index (χ3n) is 3.96. The number of nitrogens with zero attached hydrogens (tertiary/aromatic N) is 2. The molecule has 0 amide bonds. The zero-order chi connectivity index (χ0) is 14.8. The molecule has 0 spiro atoms. The summed E-state index contributed by atoms with van der Waals surface area (Å²) >= 11 is 0. The first kappa shape index (κ1) is 13.6. The Morgan fingerprint density at radius 2 is 1.86 bits per heavy atom. The molecule has 1 aliphatic heterocycles. The number of hydrogen-bond donors (Lipinski definition) is 1. The van der Waals surface area contributed by atoms with Crippen LogP contribution in [0.1, 0.15) is 5.56 Å². The maximum atomic E-state index is 9.91. The van der Waals surface area contributed by atoms with E-state index in [1.165, 1.54) is 11.4 Å². The molecule has 0 saturated carbocycles. The molecule has 0 fully saturated rings. The van der Waals surface area contributed by atoms with E-state index in [0.29, 0.717) is 5.75 Å². The van der Waals surface area contributed by atoms with Crippen LogP contribution in [0.15, 0.2) is 42.5 Å². The van der Waals surface area contributed by atoms with Crippen LogP contribution in [-0.2, 0) is 6.54 Å². The first-order valence-corrected chi connectivity index (χ1v) is 7.10. The number of para-hydroxylation sites is 2. The number of phenolic OH excluding ortho intramolecular Hbond substituents is 1. The Morgan fingerprint density at radius 3 is 2.57 bits per heavy atom. The molecule has 0 bridgehead atoms. The number of aromatic hydroxyl groups is 1. The standard InChI is InChI=1S/C17H20N2O2/c1-18-9-10-19(15-6-4-3-5-14(15)18)12-13-7-8-17(21-2)16(20)11-13/h3-8,11,20H,9-10,12H2,1-2H3. The Labute approximate surface area is 125 Å². The molecule has 1 N–H and O–H groups in total. The van der Waals surface area contributed by atoms with E-state index in [9.17, 15) is 5.11 Å². The van der Waals surface area contributed by atoms with Crippen molar-refractivity contribution in [2.24, 2.45) is 0 Å². The van der Waals surface area contributed by atoms with Crippen LogP contribution < -0.4 is 14.5 Å². The minimum Gasteiger partial charge on any atom is -0.504 e. The number of rotatable bonds is 3. The normalized spacial score (nSPS) is 14.0. The zero-order valence-electron chi connectivity index (χ0n) is 12.4. The predicted octanol–water partition coefficient (Wildman–Crippen LogP) is 2.86. The summed E-state index contributed by atoms with van der Waals surface area (Å²) in [6.45, 7) is 2.75. The Balaban J connectivity index is 1.86. The summed E-state index contributed by atoms with van der Waals surface area (Å²) in [5.41, 5.74) is 3.57. The van der Waals surface area contributed by atoms with Crippen LogP contribution in [0.25, 0.3) is 0 Å². The van der Waals surface area contributed by atoms with Crippen molar-refractivity contribution in [2.45, 2.75) is 6.54 Å². The maximum absolute atomic E-state index is 9.91. The quantitative estimate of drug-likeness (QED) is 0.940. The van der Waals surface area contributed by atoms with Gasteiger partial charge in [-0.25, -0.2) is 0 Å². The summed E-state index contributed by atoms with van der Waals surface area (Å²) in [4.78, 5) is 4.62. The Hall–Kier alpha value is -2.36. The fourth-order valence-electron chi connectivity index (χ4n) is 2.78. The van der Waals surface area contributed by atoms with Gasteiger partial charge >= 0.3 is 0 Å². The van der Waals surface area contributed by atoms with Crippen LogP contribution in [-0.4, -0.2) is 32.4 Å². The maximum Gasteiger partial charge on any atom is 0.160 e. The third kappa shape index (κ3) is 2.61. The fraction of sp³-hybridized carbons (Fsp3) is 0.294. The number of phenols is 1. The molecule has 0 radical (unpaired) electrons. The number of ether oxygens (including phenoxy) is 1. The number of anilines is 2. The lowest BCUT2D eigenvalue weighted by atomic mass is 10.1. The molecule has 2 aromatic rings. The highest BCUT2D eigenvalue weighted by Crippen LogP contribution is 2.33. The first-order valence-electron chi connectivity index (χ1n) is 7.10. The lowest BCUT2D eigenvalue weighted by Gasteiger charge is -2.37. The van der Waals surface area contributed by atoms with E-state index in [1.807, 2.05) is 12.1 Å². The van der Waals surface area contributed by atoms with Crippen LogP contribution in [0.4, 0.5) is 11.4 Å². The van der Waals surface area contributed by atoms with Gasteiger partial charge in [0, 0.05) is 26.7 Å². The van der Waals surface area contributed by atoms with Crippen LogP contribution >= 0.6 is 0 Å². The van der Waals surface area contributed by atoms with Gasteiger partial charge in [-0.3, -0.25) is 0 Å². The largest absolute Gasteiger partial charge is 0.504 e. The molecule has 0 saturated heterocycles. The molecule has 0 atom stereocenters. The van der Waals surface area contributed by atoms with Gasteiger partial charge in [0.2, 0.25) is 0 Å². The topological polar surface area (TPSA) is 35.9 Å². The van der Waals surface area contributed by atoms with E-state index < -0.39 is 0 Å². The molecular weight excluding hydrogens is 264 g/mol. The fourth-order valence-corrected chi connectivity index (χ4v) is 2.78. The third-order valence-corrected chi connectivity index (χ3v) is 3.96. The average molecular weight is 284 g/mol. The van der Waals surface area contributed by atoms with Crippen molar-refractivity contribution in [1.29, 1.82) is 0 Å². The van der Waals surface area contributed by atoms with Crippen LogP contribution in [0.5, 0.6) is 11.5 Å². The number of hydrogen-bond acceptors (Lipinski definition) is 4. The summed E-state index contributed by atoms with van der Waals surface area (Å²) in [7, 11) is 3.68. The zero-order valence-corrected chi connectivity index (χ0v) is 12.4. The lowest BCUT2D eigenvalue weighted by molar-refractivity contribution is 0.373. The second-order valence-corrected chi connectivity index (χ2v) is 5.34. The van der Waals surface area contributed by atoms with Gasteiger partial charge in [0.25, 0.3) is 0 Å². The summed E-state index contributed by atoms with van der Waals surface area (Å²) in [6.07, 6.45) is 0. The van der Waals surface area contributed by atoms with Gasteiger partial charge in [0.05, 0.1) is 18.5 Å². The van der Waals surface area contributed by atoms with E-state index in [4.69, 9.17) is 4.74 Å². The highest BCUT2D eigenvalue weighted by atomic mass is 16.5. The molecule has 1 heterocycles. The van der Waals surface area contributed by atoms with Crippen LogP contribution in [0.2, 0.25) is 0 Å². The van der Waals surface area contributed by atoms with E-state index in [0.717, 1.165) is 25.2 Å². The average Bonchev–Trinajstić information content (AvgIpc) is 2.51. The van der Waals surface area contributed by atoms with Gasteiger partial charge < -0.3 is 19.6 Å². The van der Waals surface area contributed by atoms with Crippen molar-refractivity contribution in [3.63, 3.8) is 0 Å². The molecule has 0 aromatic heterocycles. The van der Waals surface area contributed by atoms with Gasteiger partial charge in [-0.1, -0.05) is 18.2 Å². The van der Waals surface area contributed by atoms with Gasteiger partial charge in [-0.2, -0.15) is 0 Å². The van der Waals surface area contributed by atoms with Gasteiger partial charge in [-0.05, 0) is 29.8 Å². The van der Waals surface area contributed by atoms with Gasteiger partial charge in [0.15, 0.2) is 11.5 Å². The van der Waals surface area contributed by atoms with E-state index in [1.54, 1.807) is 13.2 Å². The van der Waals surface area contributed by atoms with E-state index in [2.05, 4.69) is 41.1 Å².